The first-order chi connectivity index (χ1) is 28.4. The number of hydrogen-bond acceptors (Lipinski definition) is 9. The van der Waals surface area contributed by atoms with Crippen LogP contribution in [0.2, 0.25) is 0 Å². The fourth-order valence-corrected chi connectivity index (χ4v) is 5.80. The molecule has 9 nitrogen and oxygen atoms in total. The van der Waals surface area contributed by atoms with Crippen molar-refractivity contribution in [1.82, 2.24) is 0 Å². The van der Waals surface area contributed by atoms with E-state index in [9.17, 15) is 25.2 Å². The highest BCUT2D eigenvalue weighted by molar-refractivity contribution is 5.69. The first kappa shape index (κ1) is 52.9. The van der Waals surface area contributed by atoms with Crippen LogP contribution >= 0.6 is 0 Å². The monoisotopic (exact) mass is 811 g/mol. The van der Waals surface area contributed by atoms with Crippen LogP contribution in [0.3, 0.4) is 0 Å². The third-order valence-electron chi connectivity index (χ3n) is 9.18. The smallest absolute Gasteiger partial charge is 0.306 e. The summed E-state index contributed by atoms with van der Waals surface area (Å²) in [6.07, 6.45) is 48.3. The molecule has 1 aliphatic heterocycles. The molecule has 58 heavy (non-hydrogen) atoms. The van der Waals surface area contributed by atoms with Crippen molar-refractivity contribution < 1.29 is 44.2 Å². The van der Waals surface area contributed by atoms with Crippen LogP contribution < -0.4 is 0 Å². The van der Waals surface area contributed by atoms with Crippen LogP contribution in [0.5, 0.6) is 0 Å². The van der Waals surface area contributed by atoms with Crippen LogP contribution in [0.15, 0.2) is 109 Å². The lowest BCUT2D eigenvalue weighted by molar-refractivity contribution is -0.305. The molecule has 0 aromatic heterocycles. The van der Waals surface area contributed by atoms with Gasteiger partial charge in [-0.3, -0.25) is 4.79 Å². The van der Waals surface area contributed by atoms with Crippen LogP contribution in [0.1, 0.15) is 129 Å². The summed E-state index contributed by atoms with van der Waals surface area (Å²) < 4.78 is 22.7. The van der Waals surface area contributed by atoms with Crippen molar-refractivity contribution in [1.29, 1.82) is 0 Å². The Morgan fingerprint density at radius 3 is 1.48 bits per heavy atom. The van der Waals surface area contributed by atoms with Crippen molar-refractivity contribution >= 4 is 5.97 Å². The summed E-state index contributed by atoms with van der Waals surface area (Å²) in [4.78, 5) is 12.8. The summed E-state index contributed by atoms with van der Waals surface area (Å²) in [5.41, 5.74) is 0. The van der Waals surface area contributed by atoms with Crippen LogP contribution in [-0.4, -0.2) is 89.6 Å². The van der Waals surface area contributed by atoms with E-state index in [1.807, 2.05) is 0 Å². The van der Waals surface area contributed by atoms with E-state index >= 15 is 0 Å². The maximum atomic E-state index is 12.8. The summed E-state index contributed by atoms with van der Waals surface area (Å²) in [5, 5.41) is 40.1. The minimum atomic E-state index is -1.56. The molecule has 1 rings (SSSR count). The van der Waals surface area contributed by atoms with E-state index in [0.717, 1.165) is 103 Å². The van der Waals surface area contributed by atoms with E-state index in [0.29, 0.717) is 13.0 Å². The van der Waals surface area contributed by atoms with E-state index in [2.05, 4.69) is 123 Å². The van der Waals surface area contributed by atoms with E-state index in [-0.39, 0.29) is 25.6 Å². The molecule has 0 aromatic rings. The number of aliphatic hydroxyl groups is 4. The number of carbonyl (C=O) groups excluding carboxylic acids is 1. The zero-order valence-electron chi connectivity index (χ0n) is 35.7. The van der Waals surface area contributed by atoms with Gasteiger partial charge in [-0.1, -0.05) is 136 Å². The minimum Gasteiger partial charge on any atom is -0.457 e. The van der Waals surface area contributed by atoms with E-state index in [1.165, 1.54) is 0 Å². The van der Waals surface area contributed by atoms with Gasteiger partial charge < -0.3 is 39.4 Å². The number of carbonyl (C=O) groups is 1. The Hall–Kier alpha value is -3.15. The normalized spacial score (nSPS) is 21.4. The van der Waals surface area contributed by atoms with E-state index in [1.54, 1.807) is 0 Å². The van der Waals surface area contributed by atoms with E-state index in [4.69, 9.17) is 18.9 Å². The molecule has 9 heteroatoms. The van der Waals surface area contributed by atoms with E-state index < -0.39 is 43.4 Å². The topological polar surface area (TPSA) is 135 Å². The lowest BCUT2D eigenvalue weighted by atomic mass is 9.99. The second-order valence-electron chi connectivity index (χ2n) is 14.4. The fourth-order valence-electron chi connectivity index (χ4n) is 5.80. The minimum absolute atomic E-state index is 0.103. The average Bonchev–Trinajstić information content (AvgIpc) is 3.22. The third-order valence-corrected chi connectivity index (χ3v) is 9.18. The third kappa shape index (κ3) is 30.0. The molecule has 0 radical (unpaired) electrons. The molecule has 6 atom stereocenters. The SMILES string of the molecule is CC/C=C\C/C=C\C/C=C\C/C=C\C/C=C\C/C=C\CCCCC(=O)OC(COCCCCCC/C=C\C/C=C\C/C=C\CC)COC1OC(CO)C(O)C(O)C1O. The molecule has 0 amide bonds. The maximum Gasteiger partial charge on any atom is 0.306 e. The van der Waals surface area contributed by atoms with Gasteiger partial charge in [0.25, 0.3) is 0 Å². The van der Waals surface area contributed by atoms with Crippen molar-refractivity contribution in [3.05, 3.63) is 109 Å². The number of aliphatic hydroxyl groups excluding tert-OH is 4. The van der Waals surface area contributed by atoms with Crippen molar-refractivity contribution in [2.24, 2.45) is 0 Å². The summed E-state index contributed by atoms with van der Waals surface area (Å²) in [7, 11) is 0. The molecule has 0 aliphatic carbocycles. The van der Waals surface area contributed by atoms with Gasteiger partial charge in [-0.05, 0) is 96.3 Å². The highest BCUT2D eigenvalue weighted by atomic mass is 16.7. The average molecular weight is 811 g/mol. The second-order valence-corrected chi connectivity index (χ2v) is 14.4. The number of ether oxygens (including phenoxy) is 4. The zero-order chi connectivity index (χ0) is 42.2. The molecule has 6 unspecified atom stereocenters. The summed E-state index contributed by atoms with van der Waals surface area (Å²) in [6, 6.07) is 0. The van der Waals surface area contributed by atoms with Crippen molar-refractivity contribution in [2.45, 2.75) is 166 Å². The van der Waals surface area contributed by atoms with Crippen LogP contribution in [0, 0.1) is 0 Å². The van der Waals surface area contributed by atoms with Crippen LogP contribution in [0.25, 0.3) is 0 Å². The fraction of sp³-hybridized carbons (Fsp3) is 0.612. The predicted molar refractivity (Wildman–Crippen MR) is 237 cm³/mol. The quantitative estimate of drug-likeness (QED) is 0.0280. The van der Waals surface area contributed by atoms with Gasteiger partial charge in [-0.15, -0.1) is 0 Å². The Morgan fingerprint density at radius 2 is 1.00 bits per heavy atom. The lowest BCUT2D eigenvalue weighted by Crippen LogP contribution is -2.59. The molecule has 1 aliphatic rings. The Labute approximate surface area is 351 Å². The van der Waals surface area contributed by atoms with Crippen molar-refractivity contribution in [2.75, 3.05) is 26.4 Å². The van der Waals surface area contributed by atoms with Gasteiger partial charge in [-0.2, -0.15) is 0 Å². The molecule has 1 saturated heterocycles. The molecule has 4 N–H and O–H groups in total. The Kier molecular flexibility index (Phi) is 35.8. The summed E-state index contributed by atoms with van der Waals surface area (Å²) >= 11 is 0. The number of esters is 1. The molecule has 328 valence electrons. The van der Waals surface area contributed by atoms with Crippen LogP contribution in [-0.2, 0) is 23.7 Å². The molecule has 1 fully saturated rings. The summed E-state index contributed by atoms with van der Waals surface area (Å²) in [6.45, 7) is 4.18. The molecule has 0 spiro atoms. The predicted octanol–water partition coefficient (Wildman–Crippen LogP) is 9.80. The molecule has 0 saturated carbocycles. The number of hydrogen-bond donors (Lipinski definition) is 4. The van der Waals surface area contributed by atoms with Gasteiger partial charge in [0.05, 0.1) is 19.8 Å². The largest absolute Gasteiger partial charge is 0.457 e. The molecular weight excluding hydrogens is 733 g/mol. The maximum absolute atomic E-state index is 12.8. The van der Waals surface area contributed by atoms with Crippen molar-refractivity contribution in [3.63, 3.8) is 0 Å². The Balaban J connectivity index is 2.34. The standard InChI is InChI=1S/C49H78O9/c1-3-5-7-9-11-13-15-17-19-20-21-22-23-24-25-26-28-30-32-34-36-38-45(51)57-43(42-56-49-48(54)47(53)46(52)44(40-50)58-49)41-55-39-37-35-33-31-29-27-18-16-14-12-10-8-6-4-2/h5-8,11-14,17-19,21-22,24-25,27-28,30,43-44,46-50,52-54H,3-4,9-10,15-16,20,23,26,29,31-42H2,1-2H3/b7-5-,8-6-,13-11-,14-12-,19-17-,22-21-,25-24-,27-18-,30-28-. The highest BCUT2D eigenvalue weighted by Gasteiger charge is 2.44. The first-order valence-corrected chi connectivity index (χ1v) is 22.0. The molecule has 1 heterocycles. The van der Waals surface area contributed by atoms with Crippen LogP contribution in [0.4, 0.5) is 0 Å². The van der Waals surface area contributed by atoms with Crippen molar-refractivity contribution in [3.8, 4) is 0 Å². The number of unbranched alkanes of at least 4 members (excludes halogenated alkanes) is 6. The first-order valence-electron chi connectivity index (χ1n) is 22.0. The zero-order valence-corrected chi connectivity index (χ0v) is 35.7. The molecule has 0 aromatic carbocycles. The summed E-state index contributed by atoms with van der Waals surface area (Å²) in [5.74, 6) is -0.370. The number of rotatable bonds is 35. The van der Waals surface area contributed by atoms with Gasteiger partial charge in [0.2, 0.25) is 0 Å². The molecule has 0 bridgehead atoms. The highest BCUT2D eigenvalue weighted by Crippen LogP contribution is 2.22. The van der Waals surface area contributed by atoms with Gasteiger partial charge in [0.1, 0.15) is 30.5 Å². The number of allylic oxidation sites excluding steroid dienone is 18. The second kappa shape index (κ2) is 39.3. The van der Waals surface area contributed by atoms with Gasteiger partial charge in [0.15, 0.2) is 6.29 Å². The Morgan fingerprint density at radius 1 is 0.552 bits per heavy atom. The van der Waals surface area contributed by atoms with Gasteiger partial charge in [-0.25, -0.2) is 0 Å². The van der Waals surface area contributed by atoms with Gasteiger partial charge in [0, 0.05) is 13.0 Å². The van der Waals surface area contributed by atoms with Gasteiger partial charge >= 0.3 is 5.97 Å². The molecular formula is C49H78O9. The Bertz CT molecular complexity index is 1240. The lowest BCUT2D eigenvalue weighted by Gasteiger charge is -2.39.